The number of methoxy groups -OCH3 is 2. The van der Waals surface area contributed by atoms with Crippen molar-refractivity contribution in [2.45, 2.75) is 19.8 Å². The van der Waals surface area contributed by atoms with Crippen LogP contribution in [-0.2, 0) is 4.79 Å². The van der Waals surface area contributed by atoms with Crippen molar-refractivity contribution >= 4 is 11.6 Å². The summed E-state index contributed by atoms with van der Waals surface area (Å²) in [6.07, 6.45) is 2.43. The predicted molar refractivity (Wildman–Crippen MR) is 83.0 cm³/mol. The molecule has 1 aliphatic rings. The Morgan fingerprint density at radius 2 is 2.10 bits per heavy atom. The molecular formula is C16H24N2O3. The van der Waals surface area contributed by atoms with Crippen LogP contribution in [0.4, 0.5) is 5.69 Å². The summed E-state index contributed by atoms with van der Waals surface area (Å²) < 4.78 is 10.4. The van der Waals surface area contributed by atoms with Crippen molar-refractivity contribution in [2.24, 2.45) is 5.92 Å². The number of hydrogen-bond donors (Lipinski definition) is 1. The van der Waals surface area contributed by atoms with Crippen molar-refractivity contribution in [3.63, 3.8) is 0 Å². The third kappa shape index (κ3) is 4.36. The maximum absolute atomic E-state index is 12.1. The van der Waals surface area contributed by atoms with E-state index in [4.69, 9.17) is 9.47 Å². The highest BCUT2D eigenvalue weighted by atomic mass is 16.5. The van der Waals surface area contributed by atoms with E-state index in [1.54, 1.807) is 26.4 Å². The minimum atomic E-state index is 0.0105. The summed E-state index contributed by atoms with van der Waals surface area (Å²) in [7, 11) is 3.17. The van der Waals surface area contributed by atoms with Crippen molar-refractivity contribution in [1.29, 1.82) is 0 Å². The van der Waals surface area contributed by atoms with Gasteiger partial charge in [-0.25, -0.2) is 0 Å². The predicted octanol–water partition coefficient (Wildman–Crippen LogP) is 2.37. The number of benzene rings is 1. The topological polar surface area (TPSA) is 50.8 Å². The van der Waals surface area contributed by atoms with Gasteiger partial charge >= 0.3 is 0 Å². The Labute approximate surface area is 126 Å². The molecule has 0 unspecified atom stereocenters. The molecule has 1 atom stereocenters. The zero-order chi connectivity index (χ0) is 15.2. The van der Waals surface area contributed by atoms with Gasteiger partial charge in [-0.15, -0.1) is 0 Å². The lowest BCUT2D eigenvalue weighted by molar-refractivity contribution is -0.117. The molecule has 1 heterocycles. The number of carbonyl (C=O) groups excluding carboxylic acids is 1. The van der Waals surface area contributed by atoms with E-state index in [1.165, 1.54) is 12.8 Å². The van der Waals surface area contributed by atoms with Crippen molar-refractivity contribution in [3.05, 3.63) is 18.2 Å². The number of carbonyl (C=O) groups is 1. The van der Waals surface area contributed by atoms with E-state index < -0.39 is 0 Å². The zero-order valence-corrected chi connectivity index (χ0v) is 13.0. The fraction of sp³-hybridized carbons (Fsp3) is 0.562. The highest BCUT2D eigenvalue weighted by molar-refractivity contribution is 5.92. The Kier molecular flexibility index (Phi) is 5.44. The molecule has 0 saturated carbocycles. The van der Waals surface area contributed by atoms with Gasteiger partial charge in [0, 0.05) is 18.3 Å². The molecule has 116 valence electrons. The van der Waals surface area contributed by atoms with Crippen LogP contribution in [0.5, 0.6) is 11.5 Å². The number of anilines is 1. The van der Waals surface area contributed by atoms with Crippen molar-refractivity contribution in [2.75, 3.05) is 39.2 Å². The molecule has 0 bridgehead atoms. The van der Waals surface area contributed by atoms with Crippen LogP contribution < -0.4 is 14.8 Å². The summed E-state index contributed by atoms with van der Waals surface area (Å²) in [4.78, 5) is 14.3. The molecule has 0 spiro atoms. The number of rotatable bonds is 5. The first-order chi connectivity index (χ1) is 10.1. The molecule has 1 amide bonds. The first-order valence-corrected chi connectivity index (χ1v) is 7.36. The molecule has 0 radical (unpaired) electrons. The molecular weight excluding hydrogens is 268 g/mol. The maximum Gasteiger partial charge on any atom is 0.238 e. The molecule has 5 heteroatoms. The zero-order valence-electron chi connectivity index (χ0n) is 13.0. The van der Waals surface area contributed by atoms with Gasteiger partial charge in [-0.3, -0.25) is 9.69 Å². The van der Waals surface area contributed by atoms with Gasteiger partial charge in [0.2, 0.25) is 5.91 Å². The van der Waals surface area contributed by atoms with E-state index >= 15 is 0 Å². The Bertz CT molecular complexity index is 490. The summed E-state index contributed by atoms with van der Waals surface area (Å²) in [6, 6.07) is 5.38. The van der Waals surface area contributed by atoms with Gasteiger partial charge < -0.3 is 14.8 Å². The lowest BCUT2D eigenvalue weighted by atomic mass is 10.0. The van der Waals surface area contributed by atoms with Crippen molar-refractivity contribution in [1.82, 2.24) is 4.90 Å². The summed E-state index contributed by atoms with van der Waals surface area (Å²) in [5.74, 6) is 1.95. The number of amides is 1. The number of nitrogens with zero attached hydrogens (tertiary/aromatic N) is 1. The maximum atomic E-state index is 12.1. The Hall–Kier alpha value is -1.75. The number of ether oxygens (including phenoxy) is 2. The molecule has 0 aromatic heterocycles. The Balaban J connectivity index is 1.93. The van der Waals surface area contributed by atoms with Gasteiger partial charge in [0.05, 0.1) is 20.8 Å². The highest BCUT2D eigenvalue weighted by Gasteiger charge is 2.18. The quantitative estimate of drug-likeness (QED) is 0.905. The van der Waals surface area contributed by atoms with Crippen LogP contribution in [0.2, 0.25) is 0 Å². The summed E-state index contributed by atoms with van der Waals surface area (Å²) in [5, 5.41) is 2.91. The first kappa shape index (κ1) is 15.6. The SMILES string of the molecule is COc1ccc(NC(=O)CN2CCC[C@H](C)C2)cc1OC. The lowest BCUT2D eigenvalue weighted by Gasteiger charge is -2.30. The van der Waals surface area contributed by atoms with Crippen molar-refractivity contribution in [3.8, 4) is 11.5 Å². The highest BCUT2D eigenvalue weighted by Crippen LogP contribution is 2.29. The normalized spacial score (nSPS) is 19.1. The van der Waals surface area contributed by atoms with Crippen molar-refractivity contribution < 1.29 is 14.3 Å². The smallest absolute Gasteiger partial charge is 0.238 e. The average Bonchev–Trinajstić information content (AvgIpc) is 2.47. The standard InChI is InChI=1S/C16H24N2O3/c1-12-5-4-8-18(10-12)11-16(19)17-13-6-7-14(20-2)15(9-13)21-3/h6-7,9,12H,4-5,8,10-11H2,1-3H3,(H,17,19)/t12-/m0/s1. The number of hydrogen-bond acceptors (Lipinski definition) is 4. The van der Waals surface area contributed by atoms with Gasteiger partial charge in [0.1, 0.15) is 0 Å². The van der Waals surface area contributed by atoms with Crippen LogP contribution in [-0.4, -0.2) is 44.7 Å². The van der Waals surface area contributed by atoms with Crippen LogP contribution in [0.15, 0.2) is 18.2 Å². The van der Waals surface area contributed by atoms with E-state index in [9.17, 15) is 4.79 Å². The lowest BCUT2D eigenvalue weighted by Crippen LogP contribution is -2.39. The molecule has 1 aromatic carbocycles. The van der Waals surface area contributed by atoms with Crippen LogP contribution >= 0.6 is 0 Å². The second kappa shape index (κ2) is 7.31. The minimum absolute atomic E-state index is 0.0105. The van der Waals surface area contributed by atoms with E-state index in [0.717, 1.165) is 18.8 Å². The molecule has 0 aliphatic carbocycles. The molecule has 21 heavy (non-hydrogen) atoms. The van der Waals surface area contributed by atoms with Gasteiger partial charge in [-0.2, -0.15) is 0 Å². The third-order valence-electron chi connectivity index (χ3n) is 3.78. The van der Waals surface area contributed by atoms with Crippen LogP contribution in [0.1, 0.15) is 19.8 Å². The van der Waals surface area contributed by atoms with E-state index in [-0.39, 0.29) is 5.91 Å². The van der Waals surface area contributed by atoms with Crippen LogP contribution in [0.3, 0.4) is 0 Å². The van der Waals surface area contributed by atoms with Crippen LogP contribution in [0.25, 0.3) is 0 Å². The average molecular weight is 292 g/mol. The molecule has 1 fully saturated rings. The molecule has 2 rings (SSSR count). The van der Waals surface area contributed by atoms with Gasteiger partial charge in [-0.1, -0.05) is 6.92 Å². The number of nitrogens with one attached hydrogen (secondary N) is 1. The molecule has 5 nitrogen and oxygen atoms in total. The number of likely N-dealkylation sites (tertiary alicyclic amines) is 1. The summed E-state index contributed by atoms with van der Waals surface area (Å²) in [5.41, 5.74) is 0.725. The molecule has 1 N–H and O–H groups in total. The fourth-order valence-electron chi connectivity index (χ4n) is 2.75. The fourth-order valence-corrected chi connectivity index (χ4v) is 2.75. The van der Waals surface area contributed by atoms with E-state index in [2.05, 4.69) is 17.1 Å². The van der Waals surface area contributed by atoms with Gasteiger partial charge in [-0.05, 0) is 37.4 Å². The second-order valence-corrected chi connectivity index (χ2v) is 5.60. The molecule has 1 saturated heterocycles. The van der Waals surface area contributed by atoms with Crippen LogP contribution in [0, 0.1) is 5.92 Å². The Morgan fingerprint density at radius 1 is 1.33 bits per heavy atom. The summed E-state index contributed by atoms with van der Waals surface area (Å²) >= 11 is 0. The van der Waals surface area contributed by atoms with E-state index in [1.807, 2.05) is 6.07 Å². The second-order valence-electron chi connectivity index (χ2n) is 5.60. The molecule has 1 aromatic rings. The Morgan fingerprint density at radius 3 is 2.76 bits per heavy atom. The van der Waals surface area contributed by atoms with Gasteiger partial charge in [0.15, 0.2) is 11.5 Å². The number of piperidine rings is 1. The summed E-state index contributed by atoms with van der Waals surface area (Å²) in [6.45, 7) is 4.68. The van der Waals surface area contributed by atoms with Gasteiger partial charge in [0.25, 0.3) is 0 Å². The minimum Gasteiger partial charge on any atom is -0.493 e. The first-order valence-electron chi connectivity index (χ1n) is 7.36. The van der Waals surface area contributed by atoms with E-state index in [0.29, 0.717) is 24.0 Å². The molecule has 1 aliphatic heterocycles. The largest absolute Gasteiger partial charge is 0.493 e. The third-order valence-corrected chi connectivity index (χ3v) is 3.78. The monoisotopic (exact) mass is 292 g/mol.